The quantitative estimate of drug-likeness (QED) is 0.653. The van der Waals surface area contributed by atoms with E-state index >= 15 is 0 Å². The second-order valence-corrected chi connectivity index (χ2v) is 2.55. The highest BCUT2D eigenvalue weighted by atomic mass is 19.3. The third-order valence-corrected chi connectivity index (χ3v) is 1.56. The summed E-state index contributed by atoms with van der Waals surface area (Å²) in [6, 6.07) is 0.141. The molecule has 1 aromatic carbocycles. The summed E-state index contributed by atoms with van der Waals surface area (Å²) in [5, 5.41) is 8.37. The van der Waals surface area contributed by atoms with E-state index in [1.54, 1.807) is 0 Å². The normalized spacial score (nSPS) is 10.6. The molecule has 0 amide bonds. The zero-order valence-electron chi connectivity index (χ0n) is 7.31. The van der Waals surface area contributed by atoms with Gasteiger partial charge >= 0.3 is 12.6 Å². The van der Waals surface area contributed by atoms with E-state index in [-0.39, 0.29) is 6.07 Å². The summed E-state index contributed by atoms with van der Waals surface area (Å²) in [7, 11) is 0. The predicted molar refractivity (Wildman–Crippen MR) is 39.9 cm³/mol. The minimum atomic E-state index is -3.49. The maximum atomic E-state index is 12.8. The SMILES string of the molecule is O=C(O)c1cc(OC(F)F)c(F)c(F)c1F. The van der Waals surface area contributed by atoms with Crippen molar-refractivity contribution >= 4 is 5.97 Å². The highest BCUT2D eigenvalue weighted by Crippen LogP contribution is 2.26. The van der Waals surface area contributed by atoms with Gasteiger partial charge in [-0.15, -0.1) is 0 Å². The van der Waals surface area contributed by atoms with Gasteiger partial charge in [-0.1, -0.05) is 0 Å². The molecule has 0 unspecified atom stereocenters. The van der Waals surface area contributed by atoms with Crippen molar-refractivity contribution in [3.63, 3.8) is 0 Å². The number of carbonyl (C=O) groups is 1. The van der Waals surface area contributed by atoms with Gasteiger partial charge in [-0.25, -0.2) is 13.6 Å². The molecule has 88 valence electrons. The van der Waals surface area contributed by atoms with Gasteiger partial charge in [-0.2, -0.15) is 13.2 Å². The van der Waals surface area contributed by atoms with Gasteiger partial charge in [0.1, 0.15) is 5.56 Å². The summed E-state index contributed by atoms with van der Waals surface area (Å²) < 4.78 is 65.2. The molecule has 3 nitrogen and oxygen atoms in total. The van der Waals surface area contributed by atoms with Crippen LogP contribution in [0.1, 0.15) is 10.4 Å². The molecule has 0 bridgehead atoms. The summed E-state index contributed by atoms with van der Waals surface area (Å²) in [4.78, 5) is 10.4. The second-order valence-electron chi connectivity index (χ2n) is 2.55. The molecule has 0 saturated heterocycles. The summed E-state index contributed by atoms with van der Waals surface area (Å²) in [5.41, 5.74) is -1.30. The lowest BCUT2D eigenvalue weighted by molar-refractivity contribution is -0.0527. The van der Waals surface area contributed by atoms with Crippen molar-refractivity contribution in [2.24, 2.45) is 0 Å². The standard InChI is InChI=1S/C8H3F5O3/c9-4-2(7(14)15)1-3(16-8(12)13)5(10)6(4)11/h1,8H,(H,14,15). The molecule has 0 heterocycles. The van der Waals surface area contributed by atoms with Crippen molar-refractivity contribution in [3.05, 3.63) is 29.1 Å². The van der Waals surface area contributed by atoms with E-state index in [0.29, 0.717) is 0 Å². The highest BCUT2D eigenvalue weighted by molar-refractivity contribution is 5.88. The van der Waals surface area contributed by atoms with Crippen molar-refractivity contribution in [2.75, 3.05) is 0 Å². The highest BCUT2D eigenvalue weighted by Gasteiger charge is 2.24. The fourth-order valence-corrected chi connectivity index (χ4v) is 0.918. The average Bonchev–Trinajstić information content (AvgIpc) is 2.18. The van der Waals surface area contributed by atoms with Crippen LogP contribution in [-0.4, -0.2) is 17.7 Å². The van der Waals surface area contributed by atoms with Crippen molar-refractivity contribution in [1.82, 2.24) is 0 Å². The Morgan fingerprint density at radius 1 is 1.19 bits per heavy atom. The number of ether oxygens (including phenoxy) is 1. The van der Waals surface area contributed by atoms with Crippen molar-refractivity contribution < 1.29 is 36.6 Å². The van der Waals surface area contributed by atoms with Crippen molar-refractivity contribution in [1.29, 1.82) is 0 Å². The Kier molecular flexibility index (Phi) is 3.31. The molecule has 0 aliphatic heterocycles. The Balaban J connectivity index is 3.35. The van der Waals surface area contributed by atoms with E-state index < -0.39 is 41.3 Å². The van der Waals surface area contributed by atoms with Crippen molar-refractivity contribution in [2.45, 2.75) is 6.61 Å². The number of aromatic carboxylic acids is 1. The molecule has 0 aliphatic carbocycles. The van der Waals surface area contributed by atoms with Crippen LogP contribution in [0.25, 0.3) is 0 Å². The maximum Gasteiger partial charge on any atom is 0.387 e. The van der Waals surface area contributed by atoms with E-state index in [1.807, 2.05) is 0 Å². The molecule has 0 aliphatic rings. The van der Waals surface area contributed by atoms with Crippen LogP contribution in [0.4, 0.5) is 22.0 Å². The summed E-state index contributed by atoms with van der Waals surface area (Å²) >= 11 is 0. The molecule has 0 aromatic heterocycles. The van der Waals surface area contributed by atoms with Gasteiger partial charge in [0.25, 0.3) is 0 Å². The summed E-state index contributed by atoms with van der Waals surface area (Å²) in [5.74, 6) is -9.48. The van der Waals surface area contributed by atoms with Gasteiger partial charge in [0, 0.05) is 6.07 Å². The van der Waals surface area contributed by atoms with Crippen LogP contribution < -0.4 is 4.74 Å². The first-order chi connectivity index (χ1) is 7.34. The van der Waals surface area contributed by atoms with Gasteiger partial charge < -0.3 is 9.84 Å². The van der Waals surface area contributed by atoms with Crippen LogP contribution in [0.15, 0.2) is 6.07 Å². The number of hydrogen-bond donors (Lipinski definition) is 1. The van der Waals surface area contributed by atoms with Crippen LogP contribution in [-0.2, 0) is 0 Å². The third kappa shape index (κ3) is 2.20. The molecule has 0 spiro atoms. The fourth-order valence-electron chi connectivity index (χ4n) is 0.918. The molecule has 16 heavy (non-hydrogen) atoms. The second kappa shape index (κ2) is 4.33. The Morgan fingerprint density at radius 2 is 1.75 bits per heavy atom. The summed E-state index contributed by atoms with van der Waals surface area (Å²) in [6.45, 7) is -3.49. The molecule has 8 heteroatoms. The molecule has 0 atom stereocenters. The molecule has 0 saturated carbocycles. The molecular formula is C8H3F5O3. The number of carboxylic acids is 1. The number of benzene rings is 1. The monoisotopic (exact) mass is 242 g/mol. The first-order valence-corrected chi connectivity index (χ1v) is 3.70. The Morgan fingerprint density at radius 3 is 2.19 bits per heavy atom. The van der Waals surface area contributed by atoms with Gasteiger partial charge in [-0.05, 0) is 0 Å². The minimum Gasteiger partial charge on any atom is -0.478 e. The van der Waals surface area contributed by atoms with Gasteiger partial charge in [0.15, 0.2) is 17.4 Å². The molecule has 0 radical (unpaired) electrons. The zero-order chi connectivity index (χ0) is 12.5. The molecule has 1 N–H and O–H groups in total. The van der Waals surface area contributed by atoms with Crippen LogP contribution >= 0.6 is 0 Å². The zero-order valence-corrected chi connectivity index (χ0v) is 7.31. The van der Waals surface area contributed by atoms with Crippen molar-refractivity contribution in [3.8, 4) is 5.75 Å². The topological polar surface area (TPSA) is 46.5 Å². The van der Waals surface area contributed by atoms with Crippen LogP contribution in [0.2, 0.25) is 0 Å². The molecule has 1 rings (SSSR count). The van der Waals surface area contributed by atoms with Gasteiger partial charge in [-0.3, -0.25) is 0 Å². The number of halogens is 5. The van der Waals surface area contributed by atoms with E-state index in [0.717, 1.165) is 0 Å². The number of hydrogen-bond acceptors (Lipinski definition) is 2. The van der Waals surface area contributed by atoms with Gasteiger partial charge in [0.2, 0.25) is 5.82 Å². The Labute approximate surface area is 85.1 Å². The predicted octanol–water partition coefficient (Wildman–Crippen LogP) is 2.40. The lowest BCUT2D eigenvalue weighted by Gasteiger charge is -2.08. The first kappa shape index (κ1) is 12.2. The average molecular weight is 242 g/mol. The molecule has 0 fully saturated rings. The van der Waals surface area contributed by atoms with E-state index in [1.165, 1.54) is 0 Å². The van der Waals surface area contributed by atoms with Crippen LogP contribution in [0.5, 0.6) is 5.75 Å². The lowest BCUT2D eigenvalue weighted by Crippen LogP contribution is -2.10. The fraction of sp³-hybridized carbons (Fsp3) is 0.125. The Bertz CT molecular complexity index is 432. The minimum absolute atomic E-state index is 0.141. The van der Waals surface area contributed by atoms with Crippen LogP contribution in [0, 0.1) is 17.5 Å². The third-order valence-electron chi connectivity index (χ3n) is 1.56. The number of carboxylic acid groups (broad SMARTS) is 1. The van der Waals surface area contributed by atoms with Gasteiger partial charge in [0.05, 0.1) is 0 Å². The maximum absolute atomic E-state index is 12.8. The summed E-state index contributed by atoms with van der Waals surface area (Å²) in [6.07, 6.45) is 0. The number of alkyl halides is 2. The molecular weight excluding hydrogens is 239 g/mol. The Hall–Kier alpha value is -1.86. The lowest BCUT2D eigenvalue weighted by atomic mass is 10.2. The largest absolute Gasteiger partial charge is 0.478 e. The first-order valence-electron chi connectivity index (χ1n) is 3.70. The van der Waals surface area contributed by atoms with Crippen LogP contribution in [0.3, 0.4) is 0 Å². The van der Waals surface area contributed by atoms with E-state index in [4.69, 9.17) is 5.11 Å². The van der Waals surface area contributed by atoms with E-state index in [2.05, 4.69) is 4.74 Å². The molecule has 1 aromatic rings. The number of rotatable bonds is 3. The smallest absolute Gasteiger partial charge is 0.387 e. The van der Waals surface area contributed by atoms with E-state index in [9.17, 15) is 26.7 Å².